The van der Waals surface area contributed by atoms with Gasteiger partial charge < -0.3 is 5.32 Å². The van der Waals surface area contributed by atoms with Crippen molar-refractivity contribution in [2.24, 2.45) is 0 Å². The molecule has 1 aromatic heterocycles. The van der Waals surface area contributed by atoms with E-state index in [0.717, 1.165) is 31.0 Å². The third kappa shape index (κ3) is 6.07. The second-order valence-electron chi connectivity index (χ2n) is 6.30. The van der Waals surface area contributed by atoms with Gasteiger partial charge in [-0.1, -0.05) is 41.1 Å². The molecule has 0 atom stereocenters. The molecule has 1 aliphatic rings. The minimum absolute atomic E-state index is 0.0134. The zero-order chi connectivity index (χ0) is 19.8. The third-order valence-corrected chi connectivity index (χ3v) is 5.35. The first-order valence-electron chi connectivity index (χ1n) is 9.04. The average Bonchev–Trinajstić information content (AvgIpc) is 3.16. The molecule has 148 valence electrons. The molecule has 0 radical (unpaired) electrons. The van der Waals surface area contributed by atoms with Gasteiger partial charge in [0.2, 0.25) is 11.1 Å². The summed E-state index contributed by atoms with van der Waals surface area (Å²) in [5.41, 5.74) is 2.07. The number of nitrogens with zero attached hydrogens (tertiary/aromatic N) is 4. The third-order valence-electron chi connectivity index (χ3n) is 4.20. The average molecular weight is 421 g/mol. The Labute approximate surface area is 172 Å². The normalized spacial score (nSPS) is 13.7. The number of hydrogen-bond acceptors (Lipinski definition) is 6. The fourth-order valence-electron chi connectivity index (χ4n) is 2.84. The molecule has 8 nitrogen and oxygen atoms in total. The summed E-state index contributed by atoms with van der Waals surface area (Å²) in [6.45, 7) is 0.519. The van der Waals surface area contributed by atoms with E-state index in [9.17, 15) is 9.59 Å². The van der Waals surface area contributed by atoms with Crippen LogP contribution >= 0.6 is 23.4 Å². The van der Waals surface area contributed by atoms with Gasteiger partial charge >= 0.3 is 6.03 Å². The minimum Gasteiger partial charge on any atom is -0.337 e. The zero-order valence-corrected chi connectivity index (χ0v) is 16.8. The van der Waals surface area contributed by atoms with E-state index in [2.05, 4.69) is 32.2 Å². The molecule has 3 rings (SSSR count). The predicted molar refractivity (Wildman–Crippen MR) is 108 cm³/mol. The lowest BCUT2D eigenvalue weighted by atomic mass is 9.97. The fourth-order valence-corrected chi connectivity index (χ4v) is 3.72. The number of carbonyl (C=O) groups excluding carboxylic acids is 2. The second-order valence-corrected chi connectivity index (χ2v) is 7.68. The van der Waals surface area contributed by atoms with E-state index >= 15 is 0 Å². The molecule has 0 aliphatic heterocycles. The van der Waals surface area contributed by atoms with Crippen LogP contribution in [0.1, 0.15) is 32.1 Å². The van der Waals surface area contributed by atoms with Crippen molar-refractivity contribution in [3.8, 4) is 5.69 Å². The van der Waals surface area contributed by atoms with Crippen LogP contribution in [-0.2, 0) is 4.79 Å². The van der Waals surface area contributed by atoms with Gasteiger partial charge in [-0.15, -0.1) is 5.10 Å². The SMILES string of the molecule is O=C(CSc1nnnn1-c1cccc(Cl)c1)NC(=O)NCCC1=CCCCC1. The number of thioether (sulfide) groups is 1. The number of tetrazole rings is 1. The van der Waals surface area contributed by atoms with E-state index in [4.69, 9.17) is 11.6 Å². The highest BCUT2D eigenvalue weighted by Gasteiger charge is 2.13. The van der Waals surface area contributed by atoms with Gasteiger partial charge in [-0.05, 0) is 60.7 Å². The molecular weight excluding hydrogens is 400 g/mol. The number of amides is 3. The molecule has 0 fully saturated rings. The van der Waals surface area contributed by atoms with Gasteiger partial charge in [0.05, 0.1) is 11.4 Å². The van der Waals surface area contributed by atoms with Crippen LogP contribution in [0.4, 0.5) is 4.79 Å². The molecule has 0 spiro atoms. The van der Waals surface area contributed by atoms with E-state index in [1.807, 2.05) is 6.07 Å². The smallest absolute Gasteiger partial charge is 0.321 e. The van der Waals surface area contributed by atoms with Crippen LogP contribution < -0.4 is 10.6 Å². The number of nitrogens with one attached hydrogen (secondary N) is 2. The van der Waals surface area contributed by atoms with Gasteiger partial charge in [-0.2, -0.15) is 4.68 Å². The minimum atomic E-state index is -0.489. The number of carbonyl (C=O) groups is 2. The van der Waals surface area contributed by atoms with Crippen LogP contribution in [0.25, 0.3) is 5.69 Å². The van der Waals surface area contributed by atoms with Crippen LogP contribution in [0.5, 0.6) is 0 Å². The lowest BCUT2D eigenvalue weighted by Gasteiger charge is -2.13. The van der Waals surface area contributed by atoms with Crippen molar-refractivity contribution in [2.45, 2.75) is 37.3 Å². The maximum atomic E-state index is 12.0. The lowest BCUT2D eigenvalue weighted by molar-refractivity contribution is -0.117. The Morgan fingerprint density at radius 2 is 2.18 bits per heavy atom. The van der Waals surface area contributed by atoms with Crippen LogP contribution in [-0.4, -0.2) is 44.4 Å². The molecule has 0 bridgehead atoms. The monoisotopic (exact) mass is 420 g/mol. The van der Waals surface area contributed by atoms with E-state index in [0.29, 0.717) is 22.4 Å². The van der Waals surface area contributed by atoms with E-state index in [1.165, 1.54) is 23.1 Å². The summed E-state index contributed by atoms with van der Waals surface area (Å²) in [4.78, 5) is 23.9. The number of benzene rings is 1. The molecule has 2 aromatic rings. The Bertz CT molecular complexity index is 869. The fraction of sp³-hybridized carbons (Fsp3) is 0.389. The van der Waals surface area contributed by atoms with Crippen molar-refractivity contribution in [2.75, 3.05) is 12.3 Å². The van der Waals surface area contributed by atoms with Crippen molar-refractivity contribution >= 4 is 35.3 Å². The quantitative estimate of drug-likeness (QED) is 0.527. The largest absolute Gasteiger partial charge is 0.337 e. The molecule has 0 saturated carbocycles. The summed E-state index contributed by atoms with van der Waals surface area (Å²) in [6, 6.07) is 6.57. The van der Waals surface area contributed by atoms with Gasteiger partial charge in [-0.25, -0.2) is 4.79 Å². The van der Waals surface area contributed by atoms with Crippen molar-refractivity contribution in [1.82, 2.24) is 30.8 Å². The molecule has 0 unspecified atom stereocenters. The van der Waals surface area contributed by atoms with Crippen molar-refractivity contribution in [3.05, 3.63) is 40.9 Å². The van der Waals surface area contributed by atoms with E-state index in [1.54, 1.807) is 18.2 Å². The number of urea groups is 1. The number of aromatic nitrogens is 4. The first-order valence-corrected chi connectivity index (χ1v) is 10.4. The topological polar surface area (TPSA) is 102 Å². The Morgan fingerprint density at radius 3 is 2.96 bits per heavy atom. The molecule has 1 aliphatic carbocycles. The molecule has 0 saturated heterocycles. The van der Waals surface area contributed by atoms with Gasteiger partial charge in [0.15, 0.2) is 0 Å². The summed E-state index contributed by atoms with van der Waals surface area (Å²) in [7, 11) is 0. The Balaban J connectivity index is 1.43. The first kappa shape index (κ1) is 20.3. The standard InChI is InChI=1S/C18H21ClN6O2S/c19-14-7-4-8-15(11-14)25-18(22-23-24-25)28-12-16(26)21-17(27)20-10-9-13-5-2-1-3-6-13/h4-5,7-8,11H,1-3,6,9-10,12H2,(H2,20,21,26,27). The number of rotatable bonds is 7. The predicted octanol–water partition coefficient (Wildman–Crippen LogP) is 3.12. The summed E-state index contributed by atoms with van der Waals surface area (Å²) >= 11 is 7.12. The van der Waals surface area contributed by atoms with Crippen LogP contribution in [0.15, 0.2) is 41.1 Å². The Hall–Kier alpha value is -2.39. The second kappa shape index (κ2) is 10.2. The zero-order valence-electron chi connectivity index (χ0n) is 15.2. The molecular formula is C18H21ClN6O2S. The molecule has 10 heteroatoms. The van der Waals surface area contributed by atoms with Crippen LogP contribution in [0.2, 0.25) is 5.02 Å². The maximum absolute atomic E-state index is 12.0. The van der Waals surface area contributed by atoms with Crippen molar-refractivity contribution in [3.63, 3.8) is 0 Å². The van der Waals surface area contributed by atoms with E-state index < -0.39 is 11.9 Å². The van der Waals surface area contributed by atoms with Crippen LogP contribution in [0.3, 0.4) is 0 Å². The number of imide groups is 1. The Morgan fingerprint density at radius 1 is 1.29 bits per heavy atom. The number of allylic oxidation sites excluding steroid dienone is 1. The molecule has 3 amide bonds. The summed E-state index contributed by atoms with van der Waals surface area (Å²) in [6.07, 6.45) is 7.73. The van der Waals surface area contributed by atoms with Gasteiger partial charge in [-0.3, -0.25) is 10.1 Å². The van der Waals surface area contributed by atoms with Gasteiger partial charge in [0.1, 0.15) is 0 Å². The molecule has 2 N–H and O–H groups in total. The molecule has 1 aromatic carbocycles. The maximum Gasteiger partial charge on any atom is 0.321 e. The highest BCUT2D eigenvalue weighted by atomic mass is 35.5. The lowest BCUT2D eigenvalue weighted by Crippen LogP contribution is -2.40. The number of hydrogen-bond donors (Lipinski definition) is 2. The highest BCUT2D eigenvalue weighted by molar-refractivity contribution is 7.99. The summed E-state index contributed by atoms with van der Waals surface area (Å²) in [5.74, 6) is -0.403. The highest BCUT2D eigenvalue weighted by Crippen LogP contribution is 2.20. The van der Waals surface area contributed by atoms with E-state index in [-0.39, 0.29) is 5.75 Å². The summed E-state index contributed by atoms with van der Waals surface area (Å²) in [5, 5.41) is 17.5. The first-order chi connectivity index (χ1) is 13.6. The molecule has 28 heavy (non-hydrogen) atoms. The van der Waals surface area contributed by atoms with Crippen LogP contribution in [0, 0.1) is 0 Å². The van der Waals surface area contributed by atoms with Gasteiger partial charge in [0, 0.05) is 11.6 Å². The number of halogens is 1. The Kier molecular flexibility index (Phi) is 7.44. The van der Waals surface area contributed by atoms with Crippen molar-refractivity contribution in [1.29, 1.82) is 0 Å². The van der Waals surface area contributed by atoms with Gasteiger partial charge in [0.25, 0.3) is 0 Å². The molecule has 1 heterocycles. The summed E-state index contributed by atoms with van der Waals surface area (Å²) < 4.78 is 1.49. The van der Waals surface area contributed by atoms with Crippen molar-refractivity contribution < 1.29 is 9.59 Å².